The zero-order valence-corrected chi connectivity index (χ0v) is 7.19. The number of carbonyl (C=O) groups excluding carboxylic acids is 1. The van der Waals surface area contributed by atoms with Crippen molar-refractivity contribution in [3.05, 3.63) is 30.1 Å². The summed E-state index contributed by atoms with van der Waals surface area (Å²) in [5, 5.41) is 11.2. The zero-order chi connectivity index (χ0) is 9.68. The summed E-state index contributed by atoms with van der Waals surface area (Å²) in [7, 11) is 0. The summed E-state index contributed by atoms with van der Waals surface area (Å²) < 4.78 is 0. The Morgan fingerprint density at radius 2 is 2.54 bits per heavy atom. The summed E-state index contributed by atoms with van der Waals surface area (Å²) in [5.41, 5.74) is 0.695. The van der Waals surface area contributed by atoms with Gasteiger partial charge in [-0.15, -0.1) is 0 Å². The van der Waals surface area contributed by atoms with Gasteiger partial charge in [0.25, 0.3) is 0 Å². The van der Waals surface area contributed by atoms with Crippen molar-refractivity contribution in [3.63, 3.8) is 0 Å². The predicted molar refractivity (Wildman–Crippen MR) is 46.4 cm³/mol. The lowest BCUT2D eigenvalue weighted by molar-refractivity contribution is -0.119. The Kier molecular flexibility index (Phi) is 2.98. The van der Waals surface area contributed by atoms with Crippen LogP contribution in [0.15, 0.2) is 24.5 Å². The normalized spacial score (nSPS) is 11.4. The van der Waals surface area contributed by atoms with E-state index in [0.29, 0.717) is 5.56 Å². The second-order valence-corrected chi connectivity index (χ2v) is 2.55. The first-order valence-corrected chi connectivity index (χ1v) is 3.80. The molecule has 4 heteroatoms. The van der Waals surface area contributed by atoms with Gasteiger partial charge in [0.2, 0.25) is 5.91 Å². The van der Waals surface area contributed by atoms with Crippen LogP contribution in [0.2, 0.25) is 0 Å². The molecule has 1 unspecified atom stereocenters. The maximum Gasteiger partial charge on any atom is 0.218 e. The minimum Gasteiger partial charge on any atom is -0.337 e. The number of nitriles is 1. The van der Waals surface area contributed by atoms with E-state index in [1.54, 1.807) is 24.5 Å². The number of hydrogen-bond acceptors (Lipinski definition) is 3. The summed E-state index contributed by atoms with van der Waals surface area (Å²) in [6.07, 6.45) is 3.18. The fourth-order valence-corrected chi connectivity index (χ4v) is 0.940. The van der Waals surface area contributed by atoms with Gasteiger partial charge in [0.05, 0.1) is 6.07 Å². The molecule has 4 nitrogen and oxygen atoms in total. The average Bonchev–Trinajstić information content (AvgIpc) is 2.15. The fourth-order valence-electron chi connectivity index (χ4n) is 0.940. The van der Waals surface area contributed by atoms with E-state index < -0.39 is 6.04 Å². The summed E-state index contributed by atoms with van der Waals surface area (Å²) in [5.74, 6) is -0.226. The van der Waals surface area contributed by atoms with E-state index in [4.69, 9.17) is 5.26 Å². The van der Waals surface area contributed by atoms with Gasteiger partial charge in [0, 0.05) is 24.9 Å². The van der Waals surface area contributed by atoms with Crippen molar-refractivity contribution in [1.82, 2.24) is 10.3 Å². The molecule has 66 valence electrons. The standard InChI is InChI=1S/C9H9N3O/c1-7(13)12-9(5-10)8-3-2-4-11-6-8/h2-4,6,9H,1H3,(H,12,13). The molecule has 1 atom stereocenters. The van der Waals surface area contributed by atoms with Gasteiger partial charge in [0.15, 0.2) is 0 Å². The van der Waals surface area contributed by atoms with Crippen LogP contribution in [0.25, 0.3) is 0 Å². The molecular weight excluding hydrogens is 166 g/mol. The van der Waals surface area contributed by atoms with Gasteiger partial charge < -0.3 is 5.32 Å². The number of amides is 1. The van der Waals surface area contributed by atoms with Crippen molar-refractivity contribution < 1.29 is 4.79 Å². The molecule has 1 aromatic rings. The molecule has 1 rings (SSSR count). The molecule has 0 bridgehead atoms. The van der Waals surface area contributed by atoms with E-state index >= 15 is 0 Å². The molecule has 0 fully saturated rings. The van der Waals surface area contributed by atoms with Gasteiger partial charge in [-0.3, -0.25) is 9.78 Å². The minimum atomic E-state index is -0.605. The summed E-state index contributed by atoms with van der Waals surface area (Å²) in [6, 6.07) is 4.84. The number of nitrogens with zero attached hydrogens (tertiary/aromatic N) is 2. The topological polar surface area (TPSA) is 65.8 Å². The molecule has 0 radical (unpaired) electrons. The second-order valence-electron chi connectivity index (χ2n) is 2.55. The monoisotopic (exact) mass is 175 g/mol. The Labute approximate surface area is 76.2 Å². The molecule has 0 aromatic carbocycles. The number of rotatable bonds is 2. The largest absolute Gasteiger partial charge is 0.337 e. The first-order valence-electron chi connectivity index (χ1n) is 3.80. The van der Waals surface area contributed by atoms with Crippen molar-refractivity contribution in [1.29, 1.82) is 5.26 Å². The highest BCUT2D eigenvalue weighted by atomic mass is 16.1. The van der Waals surface area contributed by atoms with E-state index in [0.717, 1.165) is 0 Å². The Bertz CT molecular complexity index is 328. The van der Waals surface area contributed by atoms with Gasteiger partial charge in [-0.05, 0) is 6.07 Å². The van der Waals surface area contributed by atoms with Crippen LogP contribution in [0.3, 0.4) is 0 Å². The SMILES string of the molecule is CC(=O)NC(C#N)c1cccnc1. The molecule has 0 aliphatic heterocycles. The van der Waals surface area contributed by atoms with Crippen LogP contribution < -0.4 is 5.32 Å². The third-order valence-corrected chi connectivity index (χ3v) is 1.49. The van der Waals surface area contributed by atoms with Crippen molar-refractivity contribution in [2.24, 2.45) is 0 Å². The van der Waals surface area contributed by atoms with Gasteiger partial charge in [-0.1, -0.05) is 6.07 Å². The number of hydrogen-bond donors (Lipinski definition) is 1. The maximum atomic E-state index is 10.7. The molecular formula is C9H9N3O. The van der Waals surface area contributed by atoms with Crippen molar-refractivity contribution >= 4 is 5.91 Å². The van der Waals surface area contributed by atoms with Gasteiger partial charge >= 0.3 is 0 Å². The van der Waals surface area contributed by atoms with Crippen LogP contribution in [-0.4, -0.2) is 10.9 Å². The number of carbonyl (C=O) groups is 1. The highest BCUT2D eigenvalue weighted by Gasteiger charge is 2.10. The van der Waals surface area contributed by atoms with Crippen LogP contribution in [0.1, 0.15) is 18.5 Å². The third-order valence-electron chi connectivity index (χ3n) is 1.49. The van der Waals surface area contributed by atoms with Crippen molar-refractivity contribution in [2.75, 3.05) is 0 Å². The Morgan fingerprint density at radius 1 is 1.77 bits per heavy atom. The summed E-state index contributed by atoms with van der Waals surface area (Å²) in [6.45, 7) is 1.38. The average molecular weight is 175 g/mol. The lowest BCUT2D eigenvalue weighted by atomic mass is 10.1. The zero-order valence-electron chi connectivity index (χ0n) is 7.19. The highest BCUT2D eigenvalue weighted by Crippen LogP contribution is 2.08. The number of pyridine rings is 1. The predicted octanol–water partition coefficient (Wildman–Crippen LogP) is 0.782. The van der Waals surface area contributed by atoms with E-state index in [2.05, 4.69) is 10.3 Å². The van der Waals surface area contributed by atoms with Crippen LogP contribution in [0, 0.1) is 11.3 Å². The second kappa shape index (κ2) is 4.21. The first-order chi connectivity index (χ1) is 6.24. The molecule has 0 aliphatic carbocycles. The fraction of sp³-hybridized carbons (Fsp3) is 0.222. The Hall–Kier alpha value is -1.89. The van der Waals surface area contributed by atoms with Crippen LogP contribution in [0.5, 0.6) is 0 Å². The van der Waals surface area contributed by atoms with Crippen LogP contribution in [0.4, 0.5) is 0 Å². The van der Waals surface area contributed by atoms with Gasteiger partial charge in [-0.2, -0.15) is 5.26 Å². The van der Waals surface area contributed by atoms with Gasteiger partial charge in [0.1, 0.15) is 6.04 Å². The molecule has 1 heterocycles. The minimum absolute atomic E-state index is 0.226. The highest BCUT2D eigenvalue weighted by molar-refractivity contribution is 5.73. The first kappa shape index (κ1) is 9.20. The van der Waals surface area contributed by atoms with Crippen molar-refractivity contribution in [3.8, 4) is 6.07 Å². The van der Waals surface area contributed by atoms with E-state index in [1.807, 2.05) is 6.07 Å². The summed E-state index contributed by atoms with van der Waals surface area (Å²) in [4.78, 5) is 14.6. The third kappa shape index (κ3) is 2.56. The summed E-state index contributed by atoms with van der Waals surface area (Å²) >= 11 is 0. The van der Waals surface area contributed by atoms with E-state index in [-0.39, 0.29) is 5.91 Å². The molecule has 1 aromatic heterocycles. The number of nitrogens with one attached hydrogen (secondary N) is 1. The van der Waals surface area contributed by atoms with Gasteiger partial charge in [-0.25, -0.2) is 0 Å². The van der Waals surface area contributed by atoms with E-state index in [9.17, 15) is 4.79 Å². The molecule has 1 N–H and O–H groups in total. The molecule has 0 saturated heterocycles. The molecule has 1 amide bonds. The molecule has 13 heavy (non-hydrogen) atoms. The Morgan fingerprint density at radius 3 is 3.00 bits per heavy atom. The lowest BCUT2D eigenvalue weighted by Gasteiger charge is -2.08. The molecule has 0 spiro atoms. The Balaban J connectivity index is 2.80. The van der Waals surface area contributed by atoms with Crippen LogP contribution in [-0.2, 0) is 4.79 Å². The van der Waals surface area contributed by atoms with Crippen molar-refractivity contribution in [2.45, 2.75) is 13.0 Å². The molecule has 0 aliphatic rings. The van der Waals surface area contributed by atoms with Crippen LogP contribution >= 0.6 is 0 Å². The number of aromatic nitrogens is 1. The smallest absolute Gasteiger partial charge is 0.218 e. The maximum absolute atomic E-state index is 10.7. The quantitative estimate of drug-likeness (QED) is 0.722. The van der Waals surface area contributed by atoms with E-state index in [1.165, 1.54) is 6.92 Å². The molecule has 0 saturated carbocycles. The lowest BCUT2D eigenvalue weighted by Crippen LogP contribution is -2.24.